The van der Waals surface area contributed by atoms with Crippen LogP contribution in [0, 0.1) is 0 Å². The van der Waals surface area contributed by atoms with Gasteiger partial charge < -0.3 is 4.74 Å². The normalized spacial score (nSPS) is 26.1. The Morgan fingerprint density at radius 2 is 2.27 bits per heavy atom. The van der Waals surface area contributed by atoms with E-state index in [1.165, 1.54) is 0 Å². The molecule has 0 N–H and O–H groups in total. The van der Waals surface area contributed by atoms with Gasteiger partial charge in [-0.15, -0.1) is 0 Å². The van der Waals surface area contributed by atoms with Gasteiger partial charge in [-0.05, 0) is 6.08 Å². The number of rotatable bonds is 1. The monoisotopic (exact) mass is 285 g/mol. The van der Waals surface area contributed by atoms with E-state index in [9.17, 15) is 18.0 Å². The molecule has 0 aliphatic carbocycles. The number of esters is 1. The Bertz CT molecular complexity index is 337. The van der Waals surface area contributed by atoms with Gasteiger partial charge in [-0.25, -0.2) is 0 Å². The molecule has 0 bridgehead atoms. The van der Waals surface area contributed by atoms with Crippen molar-refractivity contribution in [3.8, 4) is 0 Å². The molecule has 1 atom stereocenters. The highest BCUT2D eigenvalue weighted by Crippen LogP contribution is 2.29. The van der Waals surface area contributed by atoms with Gasteiger partial charge in [0.25, 0.3) is 0 Å². The van der Waals surface area contributed by atoms with Crippen LogP contribution in [-0.2, 0) is 9.53 Å². The van der Waals surface area contributed by atoms with Gasteiger partial charge in [0.1, 0.15) is 5.71 Å². The van der Waals surface area contributed by atoms with Crippen LogP contribution >= 0.6 is 15.9 Å². The molecule has 0 amide bonds. The molecule has 1 unspecified atom stereocenters. The average Bonchev–Trinajstić information content (AvgIpc) is 2.15. The largest absolute Gasteiger partial charge is 0.468 e. The highest BCUT2D eigenvalue weighted by Gasteiger charge is 2.41. The minimum atomic E-state index is -4.49. The van der Waals surface area contributed by atoms with E-state index in [1.54, 1.807) is 0 Å². The number of alkyl halides is 4. The second kappa shape index (κ2) is 3.96. The number of methoxy groups -OCH3 is 1. The maximum absolute atomic E-state index is 12.2. The van der Waals surface area contributed by atoms with E-state index >= 15 is 0 Å². The van der Waals surface area contributed by atoms with Gasteiger partial charge in [-0.1, -0.05) is 22.0 Å². The van der Waals surface area contributed by atoms with Crippen molar-refractivity contribution in [2.45, 2.75) is 10.5 Å². The van der Waals surface area contributed by atoms with E-state index in [4.69, 9.17) is 0 Å². The van der Waals surface area contributed by atoms with Crippen LogP contribution in [-0.4, -0.2) is 35.8 Å². The van der Waals surface area contributed by atoms with Crippen molar-refractivity contribution in [1.82, 2.24) is 0 Å². The number of hydrogen-bond acceptors (Lipinski definition) is 3. The molecule has 0 saturated heterocycles. The molecule has 84 valence electrons. The highest BCUT2D eigenvalue weighted by atomic mass is 79.9. The van der Waals surface area contributed by atoms with E-state index in [2.05, 4.69) is 25.7 Å². The van der Waals surface area contributed by atoms with Crippen molar-refractivity contribution in [2.24, 2.45) is 4.99 Å². The topological polar surface area (TPSA) is 38.7 Å². The lowest BCUT2D eigenvalue weighted by atomic mass is 10.1. The van der Waals surface area contributed by atoms with E-state index in [0.717, 1.165) is 19.3 Å². The lowest BCUT2D eigenvalue weighted by Crippen LogP contribution is -2.38. The Labute approximate surface area is 92.1 Å². The molecule has 0 fully saturated rings. The van der Waals surface area contributed by atoms with Gasteiger partial charge in [0.2, 0.25) is 0 Å². The molecule has 1 heterocycles. The maximum atomic E-state index is 12.2. The smallest absolute Gasteiger partial charge is 0.432 e. The quantitative estimate of drug-likeness (QED) is 0.545. The molecule has 1 aliphatic rings. The van der Waals surface area contributed by atoms with Crippen molar-refractivity contribution < 1.29 is 22.7 Å². The van der Waals surface area contributed by atoms with Crippen LogP contribution < -0.4 is 0 Å². The maximum Gasteiger partial charge on any atom is 0.432 e. The van der Waals surface area contributed by atoms with Gasteiger partial charge in [0.15, 0.2) is 4.32 Å². The average molecular weight is 286 g/mol. The molecular formula is C8H7BrF3NO2. The first-order valence-electron chi connectivity index (χ1n) is 3.88. The minimum absolute atomic E-state index is 0.328. The SMILES string of the molecule is COC(=O)C1(Br)C=CC(C(F)(F)F)=NC1. The number of allylic oxidation sites excluding steroid dienone is 1. The Morgan fingerprint density at radius 3 is 2.60 bits per heavy atom. The number of nitrogens with zero attached hydrogens (tertiary/aromatic N) is 1. The van der Waals surface area contributed by atoms with Crippen LogP contribution in [0.4, 0.5) is 13.2 Å². The summed E-state index contributed by atoms with van der Waals surface area (Å²) in [4.78, 5) is 14.5. The predicted octanol–water partition coefficient (Wildman–Crippen LogP) is 1.87. The summed E-state index contributed by atoms with van der Waals surface area (Å²) in [5.41, 5.74) is -0.999. The number of hydrogen-bond donors (Lipinski definition) is 0. The van der Waals surface area contributed by atoms with Gasteiger partial charge in [-0.3, -0.25) is 9.79 Å². The van der Waals surface area contributed by atoms with Crippen LogP contribution in [0.15, 0.2) is 17.1 Å². The fraction of sp³-hybridized carbons (Fsp3) is 0.500. The van der Waals surface area contributed by atoms with Gasteiger partial charge in [0, 0.05) is 0 Å². The molecule has 15 heavy (non-hydrogen) atoms. The number of carbonyl (C=O) groups is 1. The third kappa shape index (κ3) is 2.58. The molecule has 0 aromatic carbocycles. The summed E-state index contributed by atoms with van der Waals surface area (Å²) >= 11 is 2.98. The third-order valence-electron chi connectivity index (χ3n) is 1.80. The first kappa shape index (κ1) is 12.2. The van der Waals surface area contributed by atoms with Crippen LogP contribution in [0.3, 0.4) is 0 Å². The molecule has 7 heteroatoms. The molecule has 1 rings (SSSR count). The summed E-state index contributed by atoms with van der Waals surface area (Å²) in [5.74, 6) is -0.677. The summed E-state index contributed by atoms with van der Waals surface area (Å²) in [5, 5.41) is 0. The molecule has 1 aliphatic heterocycles. The fourth-order valence-electron chi connectivity index (χ4n) is 1.00. The van der Waals surface area contributed by atoms with Gasteiger partial charge >= 0.3 is 12.1 Å². The van der Waals surface area contributed by atoms with Crippen LogP contribution in [0.5, 0.6) is 0 Å². The molecule has 0 spiro atoms. The zero-order valence-electron chi connectivity index (χ0n) is 7.64. The number of aliphatic imine (C=N–C) groups is 1. The summed E-state index contributed by atoms with van der Waals surface area (Å²) in [6, 6.07) is 0. The standard InChI is InChI=1S/C8H7BrF3NO2/c1-15-6(14)7(9)3-2-5(13-4-7)8(10,11)12/h2-3H,4H2,1H3. The summed E-state index contributed by atoms with van der Waals surface area (Å²) < 4.78 is 39.6. The zero-order valence-corrected chi connectivity index (χ0v) is 9.22. The van der Waals surface area contributed by atoms with Crippen molar-refractivity contribution in [3.63, 3.8) is 0 Å². The second-order valence-corrected chi connectivity index (χ2v) is 4.30. The number of halogens is 4. The van der Waals surface area contributed by atoms with Crippen LogP contribution in [0.25, 0.3) is 0 Å². The van der Waals surface area contributed by atoms with Crippen molar-refractivity contribution in [2.75, 3.05) is 13.7 Å². The van der Waals surface area contributed by atoms with Gasteiger partial charge in [-0.2, -0.15) is 13.2 Å². The van der Waals surface area contributed by atoms with Gasteiger partial charge in [0.05, 0.1) is 13.7 Å². The van der Waals surface area contributed by atoms with E-state index in [0.29, 0.717) is 0 Å². The van der Waals surface area contributed by atoms with Crippen molar-refractivity contribution in [1.29, 1.82) is 0 Å². The van der Waals surface area contributed by atoms with E-state index in [-0.39, 0.29) is 6.54 Å². The minimum Gasteiger partial charge on any atom is -0.468 e. The first-order chi connectivity index (χ1) is 6.79. The molecule has 0 saturated carbocycles. The van der Waals surface area contributed by atoms with Crippen LogP contribution in [0.2, 0.25) is 0 Å². The summed E-state index contributed by atoms with van der Waals surface area (Å²) in [6.45, 7) is -0.328. The van der Waals surface area contributed by atoms with Crippen molar-refractivity contribution >= 4 is 27.6 Å². The Kier molecular flexibility index (Phi) is 3.22. The molecule has 0 aromatic rings. The van der Waals surface area contributed by atoms with Crippen LogP contribution in [0.1, 0.15) is 0 Å². The molecule has 0 aromatic heterocycles. The number of ether oxygens (including phenoxy) is 1. The fourth-order valence-corrected chi connectivity index (χ4v) is 1.42. The second-order valence-electron chi connectivity index (χ2n) is 2.89. The van der Waals surface area contributed by atoms with E-state index < -0.39 is 22.2 Å². The summed E-state index contributed by atoms with van der Waals surface area (Å²) in [6.07, 6.45) is -2.63. The predicted molar refractivity (Wildman–Crippen MR) is 51.2 cm³/mol. The summed E-state index contributed by atoms with van der Waals surface area (Å²) in [7, 11) is 1.15. The highest BCUT2D eigenvalue weighted by molar-refractivity contribution is 9.10. The molecular weight excluding hydrogens is 279 g/mol. The lowest BCUT2D eigenvalue weighted by Gasteiger charge is -2.22. The number of carbonyl (C=O) groups excluding carboxylic acids is 1. The molecule has 0 radical (unpaired) electrons. The number of dihydropyridines is 1. The lowest BCUT2D eigenvalue weighted by molar-refractivity contribution is -0.141. The molecule has 3 nitrogen and oxygen atoms in total. The Hall–Kier alpha value is -0.850. The third-order valence-corrected chi connectivity index (χ3v) is 2.64. The Balaban J connectivity index is 2.84. The zero-order chi connectivity index (χ0) is 11.7. The first-order valence-corrected chi connectivity index (χ1v) is 4.67. The Morgan fingerprint density at radius 1 is 1.67 bits per heavy atom. The van der Waals surface area contributed by atoms with E-state index in [1.807, 2.05) is 0 Å². The van der Waals surface area contributed by atoms with Crippen molar-refractivity contribution in [3.05, 3.63) is 12.2 Å².